The minimum atomic E-state index is -0.521. The monoisotopic (exact) mass is 406 g/mol. The summed E-state index contributed by atoms with van der Waals surface area (Å²) < 4.78 is 15.8. The fourth-order valence-corrected chi connectivity index (χ4v) is 3.22. The van der Waals surface area contributed by atoms with E-state index in [2.05, 4.69) is 10.1 Å². The summed E-state index contributed by atoms with van der Waals surface area (Å²) in [5.41, 5.74) is 0.718. The fraction of sp³-hybridized carbons (Fsp3) is 0.222. The Hall–Kier alpha value is -2.71. The Labute approximate surface area is 163 Å². The number of benzene rings is 1. The largest absolute Gasteiger partial charge is 0.497 e. The van der Waals surface area contributed by atoms with Gasteiger partial charge in [-0.3, -0.25) is 9.59 Å². The number of carbonyl (C=O) groups is 2. The van der Waals surface area contributed by atoms with E-state index in [9.17, 15) is 9.59 Å². The van der Waals surface area contributed by atoms with Gasteiger partial charge in [-0.15, -0.1) is 11.3 Å². The van der Waals surface area contributed by atoms with Gasteiger partial charge < -0.3 is 14.0 Å². The molecule has 27 heavy (non-hydrogen) atoms. The molecular formula is C18H15ClN2O5S. The Bertz CT molecular complexity index is 953. The fourth-order valence-electron chi connectivity index (χ4n) is 2.21. The van der Waals surface area contributed by atoms with Crippen molar-refractivity contribution in [2.45, 2.75) is 19.4 Å². The Morgan fingerprint density at radius 1 is 1.22 bits per heavy atom. The molecule has 7 nitrogen and oxygen atoms in total. The standard InChI is InChI=1S/C18H15ClN2O5S/c1-24-12-4-2-3-11(9-12)18-20-16(26-21-18)10-25-17(23)8-5-13(22)14-6-7-15(19)27-14/h2-4,6-7,9H,5,8,10H2,1H3. The predicted octanol–water partition coefficient (Wildman–Crippen LogP) is 4.17. The number of nitrogens with zero attached hydrogens (tertiary/aromatic N) is 2. The van der Waals surface area contributed by atoms with Gasteiger partial charge in [0.1, 0.15) is 5.75 Å². The zero-order valence-electron chi connectivity index (χ0n) is 14.3. The molecule has 0 spiro atoms. The van der Waals surface area contributed by atoms with Gasteiger partial charge in [-0.2, -0.15) is 4.98 Å². The third kappa shape index (κ3) is 5.15. The van der Waals surface area contributed by atoms with Crippen molar-refractivity contribution < 1.29 is 23.6 Å². The SMILES string of the molecule is COc1cccc(-c2noc(COC(=O)CCC(=O)c3ccc(Cl)s3)n2)c1. The van der Waals surface area contributed by atoms with Crippen LogP contribution >= 0.6 is 22.9 Å². The van der Waals surface area contributed by atoms with Gasteiger partial charge in [0.2, 0.25) is 5.82 Å². The van der Waals surface area contributed by atoms with Gasteiger partial charge in [-0.25, -0.2) is 0 Å². The zero-order chi connectivity index (χ0) is 19.2. The molecule has 0 bridgehead atoms. The second-order valence-corrected chi connectivity index (χ2v) is 7.15. The van der Waals surface area contributed by atoms with Crippen LogP contribution in [-0.4, -0.2) is 29.0 Å². The summed E-state index contributed by atoms with van der Waals surface area (Å²) in [4.78, 5) is 28.5. The first-order chi connectivity index (χ1) is 13.0. The second-order valence-electron chi connectivity index (χ2n) is 5.43. The maximum absolute atomic E-state index is 11.9. The number of methoxy groups -OCH3 is 1. The van der Waals surface area contributed by atoms with E-state index in [-0.39, 0.29) is 31.1 Å². The zero-order valence-corrected chi connectivity index (χ0v) is 15.9. The molecule has 0 atom stereocenters. The van der Waals surface area contributed by atoms with Crippen LogP contribution < -0.4 is 4.74 Å². The molecule has 2 aromatic heterocycles. The van der Waals surface area contributed by atoms with Crippen LogP contribution in [-0.2, 0) is 16.1 Å². The summed E-state index contributed by atoms with van der Waals surface area (Å²) in [6.07, 6.45) is 0.0137. The molecule has 0 N–H and O–H groups in total. The van der Waals surface area contributed by atoms with Crippen molar-refractivity contribution in [3.63, 3.8) is 0 Å². The summed E-state index contributed by atoms with van der Waals surface area (Å²) in [7, 11) is 1.57. The lowest BCUT2D eigenvalue weighted by Gasteiger charge is -2.01. The van der Waals surface area contributed by atoms with Crippen LogP contribution in [0.1, 0.15) is 28.4 Å². The third-order valence-electron chi connectivity index (χ3n) is 3.56. The number of ether oxygens (including phenoxy) is 2. The van der Waals surface area contributed by atoms with Gasteiger partial charge >= 0.3 is 5.97 Å². The van der Waals surface area contributed by atoms with E-state index in [1.165, 1.54) is 11.3 Å². The molecule has 0 aliphatic rings. The number of hydrogen-bond donors (Lipinski definition) is 0. The highest BCUT2D eigenvalue weighted by Gasteiger charge is 2.14. The molecule has 2 heterocycles. The van der Waals surface area contributed by atoms with Crippen LogP contribution in [0.3, 0.4) is 0 Å². The van der Waals surface area contributed by atoms with Crippen molar-refractivity contribution in [2.75, 3.05) is 7.11 Å². The van der Waals surface area contributed by atoms with Gasteiger partial charge in [0.05, 0.1) is 22.7 Å². The molecule has 140 valence electrons. The van der Waals surface area contributed by atoms with Crippen molar-refractivity contribution in [2.24, 2.45) is 0 Å². The van der Waals surface area contributed by atoms with E-state index < -0.39 is 5.97 Å². The van der Waals surface area contributed by atoms with E-state index >= 15 is 0 Å². The molecule has 3 rings (SSSR count). The van der Waals surface area contributed by atoms with Gasteiger partial charge in [0.15, 0.2) is 12.4 Å². The van der Waals surface area contributed by atoms with Crippen molar-refractivity contribution in [1.29, 1.82) is 0 Å². The first-order valence-corrected chi connectivity index (χ1v) is 9.16. The average molecular weight is 407 g/mol. The van der Waals surface area contributed by atoms with E-state index in [4.69, 9.17) is 25.6 Å². The molecule has 0 saturated heterocycles. The van der Waals surface area contributed by atoms with E-state index in [1.54, 1.807) is 31.4 Å². The predicted molar refractivity (Wildman–Crippen MR) is 99.0 cm³/mol. The summed E-state index contributed by atoms with van der Waals surface area (Å²) in [5, 5.41) is 3.86. The van der Waals surface area contributed by atoms with Gasteiger partial charge in [-0.05, 0) is 24.3 Å². The highest BCUT2D eigenvalue weighted by atomic mass is 35.5. The smallest absolute Gasteiger partial charge is 0.306 e. The van der Waals surface area contributed by atoms with Gasteiger partial charge in [0, 0.05) is 12.0 Å². The molecule has 3 aromatic rings. The van der Waals surface area contributed by atoms with E-state index in [1.807, 2.05) is 12.1 Å². The van der Waals surface area contributed by atoms with Crippen LogP contribution in [0.4, 0.5) is 0 Å². The first kappa shape index (κ1) is 19.1. The Morgan fingerprint density at radius 3 is 2.81 bits per heavy atom. The number of hydrogen-bond acceptors (Lipinski definition) is 8. The number of Topliss-reactive ketones (excluding diaryl/α,β-unsaturated/α-hetero) is 1. The molecule has 0 unspecified atom stereocenters. The van der Waals surface area contributed by atoms with Gasteiger partial charge in [-0.1, -0.05) is 28.9 Å². The molecular weight excluding hydrogens is 392 g/mol. The van der Waals surface area contributed by atoms with E-state index in [0.717, 1.165) is 5.56 Å². The number of rotatable bonds is 8. The lowest BCUT2D eigenvalue weighted by Crippen LogP contribution is -2.07. The van der Waals surface area contributed by atoms with Crippen LogP contribution in [0.25, 0.3) is 11.4 Å². The average Bonchev–Trinajstić information content (AvgIpc) is 3.33. The molecule has 0 saturated carbocycles. The van der Waals surface area contributed by atoms with Crippen LogP contribution in [0.2, 0.25) is 4.34 Å². The number of ketones is 1. The maximum Gasteiger partial charge on any atom is 0.306 e. The summed E-state index contributed by atoms with van der Waals surface area (Å²) in [6, 6.07) is 10.5. The Kier molecular flexibility index (Phi) is 6.20. The lowest BCUT2D eigenvalue weighted by atomic mass is 10.2. The third-order valence-corrected chi connectivity index (χ3v) is 4.83. The maximum atomic E-state index is 11.9. The molecule has 0 aliphatic carbocycles. The number of thiophene rings is 1. The van der Waals surface area contributed by atoms with E-state index in [0.29, 0.717) is 20.8 Å². The number of halogens is 1. The Balaban J connectivity index is 1.49. The number of aromatic nitrogens is 2. The first-order valence-electron chi connectivity index (χ1n) is 7.96. The molecule has 0 radical (unpaired) electrons. The Morgan fingerprint density at radius 2 is 2.07 bits per heavy atom. The highest BCUT2D eigenvalue weighted by Crippen LogP contribution is 2.23. The number of esters is 1. The molecule has 9 heteroatoms. The normalized spacial score (nSPS) is 10.6. The number of carbonyl (C=O) groups excluding carboxylic acids is 2. The topological polar surface area (TPSA) is 91.5 Å². The summed E-state index contributed by atoms with van der Waals surface area (Å²) in [6.45, 7) is -0.158. The highest BCUT2D eigenvalue weighted by molar-refractivity contribution is 7.18. The van der Waals surface area contributed by atoms with Crippen LogP contribution in [0, 0.1) is 0 Å². The van der Waals surface area contributed by atoms with Crippen molar-refractivity contribution in [1.82, 2.24) is 10.1 Å². The minimum absolute atomic E-state index is 0.0365. The molecule has 1 aromatic carbocycles. The van der Waals surface area contributed by atoms with Crippen LogP contribution in [0.5, 0.6) is 5.75 Å². The quantitative estimate of drug-likeness (QED) is 0.409. The molecule has 0 fully saturated rings. The molecule has 0 amide bonds. The lowest BCUT2D eigenvalue weighted by molar-refractivity contribution is -0.145. The van der Waals surface area contributed by atoms with Crippen molar-refractivity contribution in [3.05, 3.63) is 51.5 Å². The summed E-state index contributed by atoms with van der Waals surface area (Å²) >= 11 is 6.97. The molecule has 0 aliphatic heterocycles. The van der Waals surface area contributed by atoms with Crippen molar-refractivity contribution >= 4 is 34.7 Å². The second kappa shape index (κ2) is 8.79. The minimum Gasteiger partial charge on any atom is -0.497 e. The van der Waals surface area contributed by atoms with Crippen LogP contribution in [0.15, 0.2) is 40.9 Å². The van der Waals surface area contributed by atoms with Gasteiger partial charge in [0.25, 0.3) is 5.89 Å². The van der Waals surface area contributed by atoms with Crippen molar-refractivity contribution in [3.8, 4) is 17.1 Å². The summed E-state index contributed by atoms with van der Waals surface area (Å²) in [5.74, 6) is 0.526.